The molecule has 0 unspecified atom stereocenters. The minimum absolute atomic E-state index is 0.0731. The summed E-state index contributed by atoms with van der Waals surface area (Å²) in [5.74, 6) is -0.577. The van der Waals surface area contributed by atoms with Crippen LogP contribution >= 0.6 is 15.9 Å². The number of hydrogen-bond acceptors (Lipinski definition) is 3. The Bertz CT molecular complexity index is 502. The number of primary amides is 1. The molecule has 1 aromatic rings. The van der Waals surface area contributed by atoms with E-state index in [-0.39, 0.29) is 6.54 Å². The van der Waals surface area contributed by atoms with Crippen molar-refractivity contribution in [2.24, 2.45) is 5.73 Å². The van der Waals surface area contributed by atoms with Gasteiger partial charge < -0.3 is 11.1 Å². The molecule has 0 radical (unpaired) electrons. The third-order valence-corrected chi connectivity index (χ3v) is 3.03. The number of carbonyl (C=O) groups excluding carboxylic acids is 2. The molecule has 0 bridgehead atoms. The van der Waals surface area contributed by atoms with Gasteiger partial charge >= 0.3 is 6.03 Å². The minimum atomic E-state index is -0.705. The van der Waals surface area contributed by atoms with E-state index < -0.39 is 18.0 Å². The number of carbonyl (C=O) groups is 2. The van der Waals surface area contributed by atoms with Crippen LogP contribution < -0.4 is 11.1 Å². The number of nitrogens with zero attached hydrogens (tertiary/aromatic N) is 1. The number of nitrogens with one attached hydrogen (secondary N) is 1. The second-order valence-corrected chi connectivity index (χ2v) is 5.08. The van der Waals surface area contributed by atoms with Crippen LogP contribution in [0.15, 0.2) is 34.8 Å². The third kappa shape index (κ3) is 5.41. The second-order valence-electron chi connectivity index (χ2n) is 4.16. The molecule has 3 amide bonds. The topological polar surface area (TPSA) is 95.7 Å². The monoisotopic (exact) mass is 341 g/mol. The van der Waals surface area contributed by atoms with Crippen molar-refractivity contribution >= 4 is 33.9 Å². The van der Waals surface area contributed by atoms with Gasteiger partial charge in [0.1, 0.15) is 0 Å². The predicted molar refractivity (Wildman–Crippen MR) is 78.9 cm³/mol. The Kier molecular flexibility index (Phi) is 6.20. The van der Waals surface area contributed by atoms with E-state index in [1.54, 1.807) is 13.0 Å². The van der Waals surface area contributed by atoms with E-state index in [9.17, 15) is 14.8 Å². The molecule has 0 spiro atoms. The zero-order chi connectivity index (χ0) is 15.1. The summed E-state index contributed by atoms with van der Waals surface area (Å²) in [6.45, 7) is 1.66. The number of amides is 3. The molecule has 0 aromatic heterocycles. The lowest BCUT2D eigenvalue weighted by Gasteiger charge is -2.21. The van der Waals surface area contributed by atoms with Crippen molar-refractivity contribution in [3.63, 3.8) is 0 Å². The number of halogens is 1. The van der Waals surface area contributed by atoms with Crippen molar-refractivity contribution in [1.29, 1.82) is 0 Å². The van der Waals surface area contributed by atoms with Gasteiger partial charge in [-0.2, -0.15) is 0 Å². The molecule has 0 aliphatic carbocycles. The fraction of sp³-hybridized carbons (Fsp3) is 0.231. The first-order chi connectivity index (χ1) is 9.40. The van der Waals surface area contributed by atoms with Gasteiger partial charge in [0.25, 0.3) is 5.91 Å². The molecular weight excluding hydrogens is 326 g/mol. The zero-order valence-electron chi connectivity index (χ0n) is 10.9. The van der Waals surface area contributed by atoms with Gasteiger partial charge in [-0.25, -0.2) is 9.86 Å². The molecule has 0 heterocycles. The fourth-order valence-electron chi connectivity index (χ4n) is 1.37. The maximum atomic E-state index is 11.7. The van der Waals surface area contributed by atoms with Crippen molar-refractivity contribution in [2.75, 3.05) is 6.54 Å². The number of nitrogens with two attached hydrogens (primary N) is 1. The van der Waals surface area contributed by atoms with Crippen LogP contribution in [-0.4, -0.2) is 34.8 Å². The van der Waals surface area contributed by atoms with Crippen molar-refractivity contribution in [2.45, 2.75) is 13.0 Å². The Balaban J connectivity index is 2.56. The maximum Gasteiger partial charge on any atom is 0.312 e. The van der Waals surface area contributed by atoms with E-state index in [4.69, 9.17) is 5.73 Å². The van der Waals surface area contributed by atoms with Gasteiger partial charge in [-0.1, -0.05) is 28.1 Å². The molecule has 0 fully saturated rings. The van der Waals surface area contributed by atoms with Crippen LogP contribution in [0.5, 0.6) is 0 Å². The normalized spacial score (nSPS) is 12.2. The number of benzene rings is 1. The molecular formula is C13H16BrN3O3. The summed E-state index contributed by atoms with van der Waals surface area (Å²) < 4.78 is 0.941. The molecule has 4 N–H and O–H groups in total. The summed E-state index contributed by atoms with van der Waals surface area (Å²) in [6, 6.07) is 6.06. The summed E-state index contributed by atoms with van der Waals surface area (Å²) in [5.41, 5.74) is 5.74. The Hall–Kier alpha value is -1.86. The second kappa shape index (κ2) is 7.66. The molecule has 20 heavy (non-hydrogen) atoms. The Morgan fingerprint density at radius 1 is 1.45 bits per heavy atom. The zero-order valence-corrected chi connectivity index (χ0v) is 12.5. The first kappa shape index (κ1) is 16.2. The third-order valence-electron chi connectivity index (χ3n) is 2.50. The molecule has 0 saturated carbocycles. The molecule has 1 aromatic carbocycles. The number of hydrogen-bond donors (Lipinski definition) is 3. The first-order valence-electron chi connectivity index (χ1n) is 5.89. The van der Waals surface area contributed by atoms with Gasteiger partial charge in [-0.15, -0.1) is 0 Å². The van der Waals surface area contributed by atoms with Gasteiger partial charge in [0.15, 0.2) is 0 Å². The van der Waals surface area contributed by atoms with Crippen molar-refractivity contribution in [3.8, 4) is 0 Å². The SMILES string of the molecule is C[C@H](CNC(N)=O)N(O)C(=O)C=Cc1ccc(Br)cc1. The summed E-state index contributed by atoms with van der Waals surface area (Å²) in [5, 5.41) is 12.5. The van der Waals surface area contributed by atoms with Crippen LogP contribution in [-0.2, 0) is 4.79 Å². The van der Waals surface area contributed by atoms with E-state index in [0.29, 0.717) is 5.06 Å². The molecule has 0 aliphatic heterocycles. The highest BCUT2D eigenvalue weighted by atomic mass is 79.9. The first-order valence-corrected chi connectivity index (χ1v) is 6.68. The van der Waals surface area contributed by atoms with Gasteiger partial charge in [0, 0.05) is 17.1 Å². The van der Waals surface area contributed by atoms with Crippen LogP contribution in [0.4, 0.5) is 4.79 Å². The summed E-state index contributed by atoms with van der Waals surface area (Å²) in [6.07, 6.45) is 2.84. The lowest BCUT2D eigenvalue weighted by atomic mass is 10.2. The molecule has 1 atom stereocenters. The van der Waals surface area contributed by atoms with Crippen molar-refractivity contribution in [1.82, 2.24) is 10.4 Å². The largest absolute Gasteiger partial charge is 0.352 e. The highest BCUT2D eigenvalue weighted by Crippen LogP contribution is 2.11. The van der Waals surface area contributed by atoms with Gasteiger partial charge in [-0.3, -0.25) is 10.0 Å². The van der Waals surface area contributed by atoms with E-state index in [1.165, 1.54) is 6.08 Å². The van der Waals surface area contributed by atoms with E-state index in [1.807, 2.05) is 24.3 Å². The summed E-state index contributed by atoms with van der Waals surface area (Å²) in [4.78, 5) is 22.2. The van der Waals surface area contributed by atoms with Crippen LogP contribution in [0.2, 0.25) is 0 Å². The summed E-state index contributed by atoms with van der Waals surface area (Å²) in [7, 11) is 0. The van der Waals surface area contributed by atoms with Crippen molar-refractivity contribution < 1.29 is 14.8 Å². The maximum absolute atomic E-state index is 11.7. The van der Waals surface area contributed by atoms with Gasteiger partial charge in [0.05, 0.1) is 6.04 Å². The number of hydroxylamine groups is 2. The van der Waals surface area contributed by atoms with E-state index in [0.717, 1.165) is 10.0 Å². The lowest BCUT2D eigenvalue weighted by Crippen LogP contribution is -2.44. The quantitative estimate of drug-likeness (QED) is 0.432. The number of rotatable bonds is 5. The summed E-state index contributed by atoms with van der Waals surface area (Å²) >= 11 is 3.31. The number of urea groups is 1. The van der Waals surface area contributed by atoms with Gasteiger partial charge in [-0.05, 0) is 30.7 Å². The predicted octanol–water partition coefficient (Wildman–Crippen LogP) is 1.74. The molecule has 0 aliphatic rings. The molecule has 108 valence electrons. The molecule has 0 saturated heterocycles. The van der Waals surface area contributed by atoms with Gasteiger partial charge in [0.2, 0.25) is 0 Å². The standard InChI is InChI=1S/C13H16BrN3O3/c1-9(8-16-13(15)19)17(20)12(18)7-4-10-2-5-11(14)6-3-10/h2-7,9,20H,8H2,1H3,(H3,15,16,19)/t9-/m1/s1. The van der Waals surface area contributed by atoms with E-state index in [2.05, 4.69) is 21.2 Å². The Morgan fingerprint density at radius 3 is 2.60 bits per heavy atom. The average molecular weight is 342 g/mol. The molecule has 7 heteroatoms. The lowest BCUT2D eigenvalue weighted by molar-refractivity contribution is -0.167. The fourth-order valence-corrected chi connectivity index (χ4v) is 1.63. The molecule has 6 nitrogen and oxygen atoms in total. The van der Waals surface area contributed by atoms with Crippen LogP contribution in [0.1, 0.15) is 12.5 Å². The minimum Gasteiger partial charge on any atom is -0.352 e. The van der Waals surface area contributed by atoms with Crippen LogP contribution in [0.3, 0.4) is 0 Å². The highest BCUT2D eigenvalue weighted by Gasteiger charge is 2.15. The van der Waals surface area contributed by atoms with Crippen LogP contribution in [0.25, 0.3) is 6.08 Å². The Labute approximate surface area is 125 Å². The average Bonchev–Trinajstić information content (AvgIpc) is 2.42. The van der Waals surface area contributed by atoms with Crippen LogP contribution in [0, 0.1) is 0 Å². The Morgan fingerprint density at radius 2 is 2.05 bits per heavy atom. The van der Waals surface area contributed by atoms with Crippen molar-refractivity contribution in [3.05, 3.63) is 40.4 Å². The smallest absolute Gasteiger partial charge is 0.312 e. The van der Waals surface area contributed by atoms with E-state index >= 15 is 0 Å². The highest BCUT2D eigenvalue weighted by molar-refractivity contribution is 9.10. The molecule has 1 rings (SSSR count).